The normalized spacial score (nSPS) is 14.0. The Kier molecular flexibility index (Phi) is 8.31. The zero-order valence-electron chi connectivity index (χ0n) is 19.3. The highest BCUT2D eigenvalue weighted by Gasteiger charge is 2.23. The molecule has 0 spiro atoms. The van der Waals surface area contributed by atoms with Crippen molar-refractivity contribution >= 4 is 29.4 Å². The number of amides is 2. The van der Waals surface area contributed by atoms with Gasteiger partial charge in [0.1, 0.15) is 6.54 Å². The molecular formula is C23H30N6O4. The Hall–Kier alpha value is -3.53. The quantitative estimate of drug-likeness (QED) is 0.585. The first-order valence-electron chi connectivity index (χ1n) is 10.8. The van der Waals surface area contributed by atoms with Gasteiger partial charge in [0.05, 0.1) is 6.54 Å². The van der Waals surface area contributed by atoms with Gasteiger partial charge in [-0.15, -0.1) is 0 Å². The van der Waals surface area contributed by atoms with E-state index < -0.39 is 5.97 Å². The average Bonchev–Trinajstić information content (AvgIpc) is 2.81. The molecule has 1 aromatic heterocycles. The number of esters is 1. The summed E-state index contributed by atoms with van der Waals surface area (Å²) in [5, 5.41) is 2.99. The van der Waals surface area contributed by atoms with Crippen molar-refractivity contribution in [2.45, 2.75) is 13.8 Å². The van der Waals surface area contributed by atoms with Gasteiger partial charge in [0.15, 0.2) is 6.61 Å². The minimum absolute atomic E-state index is 0.0550. The van der Waals surface area contributed by atoms with Gasteiger partial charge < -0.3 is 19.9 Å². The Bertz CT molecular complexity index is 956. The molecule has 0 bridgehead atoms. The molecule has 3 rings (SSSR count). The van der Waals surface area contributed by atoms with E-state index in [-0.39, 0.29) is 31.5 Å². The third kappa shape index (κ3) is 6.98. The van der Waals surface area contributed by atoms with Crippen molar-refractivity contribution < 1.29 is 19.1 Å². The summed E-state index contributed by atoms with van der Waals surface area (Å²) in [6.45, 7) is 5.94. The number of nitrogens with one attached hydrogen (secondary N) is 1. The largest absolute Gasteiger partial charge is 0.454 e. The second-order valence-corrected chi connectivity index (χ2v) is 8.04. The van der Waals surface area contributed by atoms with E-state index in [1.807, 2.05) is 36.9 Å². The first-order chi connectivity index (χ1) is 15.8. The highest BCUT2D eigenvalue weighted by Crippen LogP contribution is 2.19. The molecule has 176 valence electrons. The molecule has 1 fully saturated rings. The predicted molar refractivity (Wildman–Crippen MR) is 124 cm³/mol. The third-order valence-corrected chi connectivity index (χ3v) is 5.45. The number of likely N-dealkylation sites (N-methyl/N-ethyl adjacent to an activating group) is 1. The number of anilines is 2. The third-order valence-electron chi connectivity index (χ3n) is 5.45. The summed E-state index contributed by atoms with van der Waals surface area (Å²) in [5.74, 6) is -0.451. The van der Waals surface area contributed by atoms with Gasteiger partial charge in [-0.05, 0) is 31.0 Å². The Morgan fingerprint density at radius 2 is 1.67 bits per heavy atom. The second-order valence-electron chi connectivity index (χ2n) is 8.04. The van der Waals surface area contributed by atoms with Crippen LogP contribution >= 0.6 is 0 Å². The molecule has 0 saturated carbocycles. The highest BCUT2D eigenvalue weighted by molar-refractivity contribution is 5.93. The molecule has 0 atom stereocenters. The van der Waals surface area contributed by atoms with Crippen LogP contribution in [0.5, 0.6) is 0 Å². The Labute approximate surface area is 193 Å². The standard InChI is InChI=1S/C23H30N6O4/c1-17-6-4-7-18(2)22(17)26-19(30)14-28-10-12-29(13-11-28)20(31)16-33-21(32)15-27(3)23-24-8-5-9-25-23/h4-9H,10-16H2,1-3H3,(H,26,30). The molecule has 1 aliphatic rings. The zero-order valence-corrected chi connectivity index (χ0v) is 19.3. The Morgan fingerprint density at radius 3 is 2.30 bits per heavy atom. The molecule has 10 nitrogen and oxygen atoms in total. The summed E-state index contributed by atoms with van der Waals surface area (Å²) in [6.07, 6.45) is 3.17. The van der Waals surface area contributed by atoms with Crippen molar-refractivity contribution in [2.75, 3.05) is 63.1 Å². The summed E-state index contributed by atoms with van der Waals surface area (Å²) in [7, 11) is 1.67. The predicted octanol–water partition coefficient (Wildman–Crippen LogP) is 0.856. The van der Waals surface area contributed by atoms with Crippen LogP contribution in [0.25, 0.3) is 0 Å². The van der Waals surface area contributed by atoms with E-state index in [0.717, 1.165) is 16.8 Å². The van der Waals surface area contributed by atoms with E-state index in [4.69, 9.17) is 4.74 Å². The number of piperazine rings is 1. The number of nitrogens with zero attached hydrogens (tertiary/aromatic N) is 5. The minimum Gasteiger partial charge on any atom is -0.454 e. The van der Waals surface area contributed by atoms with Gasteiger partial charge in [0.25, 0.3) is 5.91 Å². The summed E-state index contributed by atoms with van der Waals surface area (Å²) in [6, 6.07) is 7.58. The summed E-state index contributed by atoms with van der Waals surface area (Å²) in [5.41, 5.74) is 2.90. The molecule has 33 heavy (non-hydrogen) atoms. The van der Waals surface area contributed by atoms with Crippen molar-refractivity contribution in [3.8, 4) is 0 Å². The van der Waals surface area contributed by atoms with Gasteiger partial charge in [-0.2, -0.15) is 0 Å². The molecule has 10 heteroatoms. The maximum atomic E-state index is 12.5. The number of carbonyl (C=O) groups is 3. The van der Waals surface area contributed by atoms with E-state index in [2.05, 4.69) is 15.3 Å². The number of aryl methyl sites for hydroxylation is 2. The van der Waals surface area contributed by atoms with Crippen LogP contribution in [0, 0.1) is 13.8 Å². The Morgan fingerprint density at radius 1 is 1.03 bits per heavy atom. The van der Waals surface area contributed by atoms with Crippen LogP contribution in [-0.4, -0.2) is 90.5 Å². The molecule has 1 N–H and O–H groups in total. The van der Waals surface area contributed by atoms with E-state index in [1.54, 1.807) is 35.3 Å². The number of hydrogen-bond acceptors (Lipinski definition) is 8. The lowest BCUT2D eigenvalue weighted by molar-refractivity contribution is -0.151. The van der Waals surface area contributed by atoms with E-state index in [1.165, 1.54) is 0 Å². The zero-order chi connectivity index (χ0) is 23.8. The second kappa shape index (κ2) is 11.4. The number of rotatable bonds is 8. The van der Waals surface area contributed by atoms with E-state index >= 15 is 0 Å². The summed E-state index contributed by atoms with van der Waals surface area (Å²) >= 11 is 0. The highest BCUT2D eigenvalue weighted by atomic mass is 16.5. The fraction of sp³-hybridized carbons (Fsp3) is 0.435. The molecule has 0 aliphatic carbocycles. The monoisotopic (exact) mass is 454 g/mol. The van der Waals surface area contributed by atoms with Gasteiger partial charge >= 0.3 is 5.97 Å². The van der Waals surface area contributed by atoms with Gasteiger partial charge in [-0.1, -0.05) is 18.2 Å². The van der Waals surface area contributed by atoms with Crippen LogP contribution in [0.4, 0.5) is 11.6 Å². The first-order valence-corrected chi connectivity index (χ1v) is 10.8. The lowest BCUT2D eigenvalue weighted by Gasteiger charge is -2.34. The Balaban J connectivity index is 1.37. The fourth-order valence-electron chi connectivity index (χ4n) is 3.58. The number of para-hydroxylation sites is 1. The number of carbonyl (C=O) groups excluding carboxylic acids is 3. The van der Waals surface area contributed by atoms with Crippen LogP contribution in [0.15, 0.2) is 36.7 Å². The van der Waals surface area contributed by atoms with Crippen molar-refractivity contribution in [1.82, 2.24) is 19.8 Å². The van der Waals surface area contributed by atoms with Gasteiger partial charge in [0.2, 0.25) is 11.9 Å². The van der Waals surface area contributed by atoms with Crippen LogP contribution in [0.2, 0.25) is 0 Å². The molecule has 2 amide bonds. The summed E-state index contributed by atoms with van der Waals surface area (Å²) in [4.78, 5) is 50.2. The molecule has 1 aromatic carbocycles. The van der Waals surface area contributed by atoms with Crippen LogP contribution < -0.4 is 10.2 Å². The van der Waals surface area contributed by atoms with Gasteiger partial charge in [-0.3, -0.25) is 19.3 Å². The first kappa shape index (κ1) is 24.1. The molecule has 1 aliphatic heterocycles. The maximum Gasteiger partial charge on any atom is 0.326 e. The molecule has 2 aromatic rings. The topological polar surface area (TPSA) is 108 Å². The maximum absolute atomic E-state index is 12.5. The van der Waals surface area contributed by atoms with Crippen LogP contribution in [0.1, 0.15) is 11.1 Å². The van der Waals surface area contributed by atoms with Crippen LogP contribution in [-0.2, 0) is 19.1 Å². The molecule has 2 heterocycles. The minimum atomic E-state index is -0.528. The number of hydrogen-bond donors (Lipinski definition) is 1. The van der Waals surface area contributed by atoms with Gasteiger partial charge in [0, 0.05) is 51.3 Å². The number of aromatic nitrogens is 2. The smallest absolute Gasteiger partial charge is 0.326 e. The van der Waals surface area contributed by atoms with E-state index in [0.29, 0.717) is 32.1 Å². The number of benzene rings is 1. The molecular weight excluding hydrogens is 424 g/mol. The van der Waals surface area contributed by atoms with E-state index in [9.17, 15) is 14.4 Å². The van der Waals surface area contributed by atoms with Crippen molar-refractivity contribution in [3.63, 3.8) is 0 Å². The SMILES string of the molecule is Cc1cccc(C)c1NC(=O)CN1CCN(C(=O)COC(=O)CN(C)c2ncccn2)CC1. The lowest BCUT2D eigenvalue weighted by atomic mass is 10.1. The van der Waals surface area contributed by atoms with Crippen LogP contribution in [0.3, 0.4) is 0 Å². The van der Waals surface area contributed by atoms with Crippen molar-refractivity contribution in [2.24, 2.45) is 0 Å². The molecule has 1 saturated heterocycles. The van der Waals surface area contributed by atoms with Gasteiger partial charge in [-0.25, -0.2) is 9.97 Å². The molecule has 0 unspecified atom stereocenters. The number of ether oxygens (including phenoxy) is 1. The molecule has 0 radical (unpaired) electrons. The van der Waals surface area contributed by atoms with Crippen molar-refractivity contribution in [3.05, 3.63) is 47.8 Å². The average molecular weight is 455 g/mol. The summed E-state index contributed by atoms with van der Waals surface area (Å²) < 4.78 is 5.12. The fourth-order valence-corrected chi connectivity index (χ4v) is 3.58. The van der Waals surface area contributed by atoms with Crippen molar-refractivity contribution in [1.29, 1.82) is 0 Å². The lowest BCUT2D eigenvalue weighted by Crippen LogP contribution is -2.51.